The number of nitrogens with zero attached hydrogens (tertiary/aromatic N) is 5. The zero-order valence-corrected chi connectivity index (χ0v) is 12.0. The van der Waals surface area contributed by atoms with Crippen LogP contribution in [0.25, 0.3) is 5.95 Å². The van der Waals surface area contributed by atoms with Crippen LogP contribution >= 0.6 is 0 Å². The summed E-state index contributed by atoms with van der Waals surface area (Å²) in [5.41, 5.74) is 5.72. The maximum absolute atomic E-state index is 5.86. The van der Waals surface area contributed by atoms with Crippen LogP contribution in [-0.2, 0) is 4.74 Å². The van der Waals surface area contributed by atoms with Gasteiger partial charge in [0.25, 0.3) is 0 Å². The first kappa shape index (κ1) is 13.7. The molecule has 0 amide bonds. The molecule has 2 unspecified atom stereocenters. The van der Waals surface area contributed by atoms with Crippen LogP contribution in [0.3, 0.4) is 0 Å². The molecule has 2 aromatic rings. The summed E-state index contributed by atoms with van der Waals surface area (Å²) in [4.78, 5) is 16.4. The molecule has 1 saturated heterocycles. The number of nitrogen functional groups attached to an aromatic ring is 1. The number of hydrogen-bond acceptors (Lipinski definition) is 7. The Bertz CT molecular complexity index is 593. The summed E-state index contributed by atoms with van der Waals surface area (Å²) in [6, 6.07) is 0.234. The van der Waals surface area contributed by atoms with Crippen molar-refractivity contribution in [3.05, 3.63) is 18.7 Å². The lowest BCUT2D eigenvalue weighted by molar-refractivity contribution is -0.0738. The Hall–Kier alpha value is -2.22. The van der Waals surface area contributed by atoms with Crippen LogP contribution < -0.4 is 10.5 Å². The first-order valence-electron chi connectivity index (χ1n) is 6.92. The van der Waals surface area contributed by atoms with E-state index in [4.69, 9.17) is 15.2 Å². The van der Waals surface area contributed by atoms with E-state index in [2.05, 4.69) is 19.9 Å². The van der Waals surface area contributed by atoms with E-state index in [0.29, 0.717) is 5.95 Å². The summed E-state index contributed by atoms with van der Waals surface area (Å²) in [6.45, 7) is 4.06. The van der Waals surface area contributed by atoms with Crippen LogP contribution in [0.15, 0.2) is 18.7 Å². The van der Waals surface area contributed by atoms with E-state index in [9.17, 15) is 0 Å². The van der Waals surface area contributed by atoms with Crippen molar-refractivity contribution >= 4 is 5.95 Å². The van der Waals surface area contributed by atoms with Crippen LogP contribution in [0.2, 0.25) is 0 Å². The zero-order chi connectivity index (χ0) is 14.8. The topological polar surface area (TPSA) is 101 Å². The molecule has 0 spiro atoms. The van der Waals surface area contributed by atoms with E-state index >= 15 is 0 Å². The highest BCUT2D eigenvalue weighted by Crippen LogP contribution is 2.23. The van der Waals surface area contributed by atoms with Gasteiger partial charge in [0.15, 0.2) is 0 Å². The SMILES string of the molecule is CC1CC(Oc2nc(N)nc(-n3ccnc3)n2)CC(C)O1. The molecule has 3 rings (SSSR count). The number of rotatable bonds is 3. The molecule has 0 aromatic carbocycles. The van der Waals surface area contributed by atoms with Gasteiger partial charge in [-0.25, -0.2) is 4.98 Å². The predicted molar refractivity (Wildman–Crippen MR) is 75.0 cm³/mol. The molecule has 2 atom stereocenters. The molecular weight excluding hydrogens is 272 g/mol. The van der Waals surface area contributed by atoms with Gasteiger partial charge in [0.05, 0.1) is 12.2 Å². The van der Waals surface area contributed by atoms with Crippen molar-refractivity contribution in [1.82, 2.24) is 24.5 Å². The van der Waals surface area contributed by atoms with Gasteiger partial charge in [0.1, 0.15) is 12.4 Å². The summed E-state index contributed by atoms with van der Waals surface area (Å²) in [5, 5.41) is 0. The van der Waals surface area contributed by atoms with Crippen molar-refractivity contribution in [2.75, 3.05) is 5.73 Å². The van der Waals surface area contributed by atoms with Gasteiger partial charge in [-0.2, -0.15) is 15.0 Å². The lowest BCUT2D eigenvalue weighted by Crippen LogP contribution is -2.36. The minimum Gasteiger partial charge on any atom is -0.460 e. The lowest BCUT2D eigenvalue weighted by atomic mass is 10.0. The molecule has 8 heteroatoms. The Morgan fingerprint density at radius 2 is 2.00 bits per heavy atom. The largest absolute Gasteiger partial charge is 0.460 e. The molecule has 1 fully saturated rings. The molecule has 0 saturated carbocycles. The average Bonchev–Trinajstić information content (AvgIpc) is 2.90. The van der Waals surface area contributed by atoms with Crippen molar-refractivity contribution in [3.8, 4) is 12.0 Å². The minimum atomic E-state index is 0.0150. The Balaban J connectivity index is 1.79. The molecule has 1 aliphatic rings. The Morgan fingerprint density at radius 3 is 2.67 bits per heavy atom. The Kier molecular flexibility index (Phi) is 3.70. The molecule has 2 aromatic heterocycles. The van der Waals surface area contributed by atoms with Crippen molar-refractivity contribution in [2.24, 2.45) is 0 Å². The van der Waals surface area contributed by atoms with Crippen LogP contribution in [0.4, 0.5) is 5.95 Å². The van der Waals surface area contributed by atoms with E-state index in [0.717, 1.165) is 12.8 Å². The molecule has 21 heavy (non-hydrogen) atoms. The predicted octanol–water partition coefficient (Wildman–Crippen LogP) is 0.974. The fourth-order valence-electron chi connectivity index (χ4n) is 2.50. The summed E-state index contributed by atoms with van der Waals surface area (Å²) in [6.07, 6.45) is 6.90. The summed E-state index contributed by atoms with van der Waals surface area (Å²) in [7, 11) is 0. The minimum absolute atomic E-state index is 0.0150. The summed E-state index contributed by atoms with van der Waals surface area (Å²) in [5.74, 6) is 0.514. The fraction of sp³-hybridized carbons (Fsp3) is 0.538. The number of imidazole rings is 1. The quantitative estimate of drug-likeness (QED) is 0.898. The second-order valence-electron chi connectivity index (χ2n) is 5.21. The van der Waals surface area contributed by atoms with Crippen LogP contribution in [0, 0.1) is 0 Å². The molecule has 112 valence electrons. The molecule has 0 bridgehead atoms. The number of nitrogens with two attached hydrogens (primary N) is 1. The van der Waals surface area contributed by atoms with Gasteiger partial charge in [-0.05, 0) is 13.8 Å². The van der Waals surface area contributed by atoms with Crippen molar-refractivity contribution < 1.29 is 9.47 Å². The van der Waals surface area contributed by atoms with E-state index in [-0.39, 0.29) is 30.3 Å². The Morgan fingerprint density at radius 1 is 1.24 bits per heavy atom. The highest BCUT2D eigenvalue weighted by Gasteiger charge is 2.26. The normalized spacial score (nSPS) is 25.7. The van der Waals surface area contributed by atoms with E-state index < -0.39 is 0 Å². The van der Waals surface area contributed by atoms with Gasteiger partial charge in [0.2, 0.25) is 11.9 Å². The van der Waals surface area contributed by atoms with Gasteiger partial charge in [0, 0.05) is 25.2 Å². The maximum atomic E-state index is 5.86. The standard InChI is InChI=1S/C13H18N6O2/c1-8-5-10(6-9(2)20-8)21-13-17-11(14)16-12(18-13)19-4-3-15-7-19/h3-4,7-10H,5-6H2,1-2H3,(H2,14,16,17,18). The third-order valence-electron chi connectivity index (χ3n) is 3.28. The third kappa shape index (κ3) is 3.27. The molecule has 2 N–H and O–H groups in total. The van der Waals surface area contributed by atoms with Crippen molar-refractivity contribution in [3.63, 3.8) is 0 Å². The monoisotopic (exact) mass is 290 g/mol. The molecule has 0 aliphatic carbocycles. The van der Waals surface area contributed by atoms with Crippen molar-refractivity contribution in [2.45, 2.75) is 45.0 Å². The third-order valence-corrected chi connectivity index (χ3v) is 3.28. The zero-order valence-electron chi connectivity index (χ0n) is 12.0. The first-order chi connectivity index (χ1) is 10.1. The fourth-order valence-corrected chi connectivity index (χ4v) is 2.50. The van der Waals surface area contributed by atoms with Crippen LogP contribution in [-0.4, -0.2) is 42.8 Å². The molecule has 1 aliphatic heterocycles. The second kappa shape index (κ2) is 5.65. The van der Waals surface area contributed by atoms with E-state index in [1.807, 2.05) is 13.8 Å². The average molecular weight is 290 g/mol. The number of anilines is 1. The molecule has 0 radical (unpaired) electrons. The van der Waals surface area contributed by atoms with Gasteiger partial charge < -0.3 is 15.2 Å². The van der Waals surface area contributed by atoms with Crippen LogP contribution in [0.1, 0.15) is 26.7 Å². The van der Waals surface area contributed by atoms with Gasteiger partial charge in [-0.3, -0.25) is 4.57 Å². The van der Waals surface area contributed by atoms with E-state index in [1.165, 1.54) is 0 Å². The number of aromatic nitrogens is 5. The maximum Gasteiger partial charge on any atom is 0.323 e. The number of ether oxygens (including phenoxy) is 2. The molecule has 8 nitrogen and oxygen atoms in total. The van der Waals surface area contributed by atoms with Crippen LogP contribution in [0.5, 0.6) is 6.01 Å². The highest BCUT2D eigenvalue weighted by molar-refractivity contribution is 5.25. The van der Waals surface area contributed by atoms with E-state index in [1.54, 1.807) is 23.3 Å². The lowest BCUT2D eigenvalue weighted by Gasteiger charge is -2.31. The molecular formula is C13H18N6O2. The van der Waals surface area contributed by atoms with Crippen molar-refractivity contribution in [1.29, 1.82) is 0 Å². The Labute approximate surface area is 122 Å². The second-order valence-corrected chi connectivity index (χ2v) is 5.21. The number of hydrogen-bond donors (Lipinski definition) is 1. The van der Waals surface area contributed by atoms with Gasteiger partial charge >= 0.3 is 6.01 Å². The summed E-state index contributed by atoms with van der Waals surface area (Å²) >= 11 is 0. The summed E-state index contributed by atoms with van der Waals surface area (Å²) < 4.78 is 13.2. The smallest absolute Gasteiger partial charge is 0.323 e. The first-order valence-corrected chi connectivity index (χ1v) is 6.92. The molecule has 3 heterocycles. The highest BCUT2D eigenvalue weighted by atomic mass is 16.5. The van der Waals surface area contributed by atoms with Gasteiger partial charge in [-0.1, -0.05) is 0 Å². The van der Waals surface area contributed by atoms with Gasteiger partial charge in [-0.15, -0.1) is 0 Å².